The van der Waals surface area contributed by atoms with Crippen LogP contribution in [-0.4, -0.2) is 140 Å². The number of aldehydes is 1. The molecule has 0 saturated heterocycles. The number of esters is 1. The van der Waals surface area contributed by atoms with Gasteiger partial charge < -0.3 is 45.5 Å². The lowest BCUT2D eigenvalue weighted by Gasteiger charge is -2.17. The number of carbonyl (C=O) groups excluding carboxylic acids is 4. The van der Waals surface area contributed by atoms with Crippen molar-refractivity contribution in [3.05, 3.63) is 310 Å². The van der Waals surface area contributed by atoms with Gasteiger partial charge in [-0.3, -0.25) is 43.7 Å². The van der Waals surface area contributed by atoms with Gasteiger partial charge in [-0.2, -0.15) is 0 Å². The van der Waals surface area contributed by atoms with Crippen molar-refractivity contribution in [1.29, 1.82) is 0 Å². The predicted molar refractivity (Wildman–Crippen MR) is 560 cm³/mol. The quantitative estimate of drug-likeness (QED) is 0.00526. The molecule has 14 heterocycles. The van der Waals surface area contributed by atoms with E-state index in [0.717, 1.165) is 281 Å². The van der Waals surface area contributed by atoms with Crippen LogP contribution in [0.25, 0.3) is 55.8 Å². The highest BCUT2D eigenvalue weighted by molar-refractivity contribution is 7.54. The Bertz CT molecular complexity index is 6280. The van der Waals surface area contributed by atoms with Crippen LogP contribution in [0.3, 0.4) is 0 Å². The number of rotatable bonds is 37. The Hall–Kier alpha value is -12.9. The third-order valence-electron chi connectivity index (χ3n) is 25.2. The Labute approximate surface area is 813 Å². The highest BCUT2D eigenvalue weighted by Crippen LogP contribution is 2.46. The second-order valence-corrected chi connectivity index (χ2v) is 38.0. The number of pyridine rings is 9. The van der Waals surface area contributed by atoms with Gasteiger partial charge in [-0.15, -0.1) is 0 Å². The molecular formula is C114H135N14O9P. The van der Waals surface area contributed by atoms with E-state index in [1.807, 2.05) is 116 Å². The number of para-hydroxylation sites is 4. The highest BCUT2D eigenvalue weighted by Gasteiger charge is 2.26. The number of nitrogens with zero attached hydrogens (tertiary/aromatic N) is 9. The fourth-order valence-corrected chi connectivity index (χ4v) is 18.3. The van der Waals surface area contributed by atoms with Crippen LogP contribution >= 0.6 is 7.60 Å². The van der Waals surface area contributed by atoms with Crippen molar-refractivity contribution >= 4 is 116 Å². The van der Waals surface area contributed by atoms with E-state index in [9.17, 15) is 28.8 Å². The molecule has 6 N–H and O–H groups in total. The molecule has 0 bridgehead atoms. The average molecular weight is 1880 g/mol. The number of aliphatic hydroxyl groups is 1. The fraction of sp³-hybridized carbons (Fsp3) is 0.377. The minimum absolute atomic E-state index is 0.0860. The molecule has 0 fully saturated rings. The number of carbonyl (C=O) groups is 4. The number of ether oxygens (including phenoxy) is 1. The summed E-state index contributed by atoms with van der Waals surface area (Å²) in [6.07, 6.45) is 50.0. The Morgan fingerprint density at radius 2 is 0.775 bits per heavy atom. The van der Waals surface area contributed by atoms with Crippen LogP contribution in [0.4, 0.5) is 29.1 Å². The number of fused-ring (bicyclic) bond motifs is 9. The number of aromatic nitrogens is 9. The molecule has 23 nitrogen and oxygen atoms in total. The first-order valence-corrected chi connectivity index (χ1v) is 51.4. The molecule has 0 amide bonds. The van der Waals surface area contributed by atoms with Gasteiger partial charge in [0, 0.05) is 152 Å². The third kappa shape index (κ3) is 33.2. The number of anilines is 5. The molecule has 0 radical (unpaired) electrons. The van der Waals surface area contributed by atoms with Crippen molar-refractivity contribution in [2.45, 2.75) is 218 Å². The lowest BCUT2D eigenvalue weighted by molar-refractivity contribution is -0.140. The van der Waals surface area contributed by atoms with Gasteiger partial charge in [0.25, 0.3) is 0 Å². The van der Waals surface area contributed by atoms with E-state index in [2.05, 4.69) is 183 Å². The first-order valence-electron chi connectivity index (χ1n) is 49.6. The van der Waals surface area contributed by atoms with E-state index in [-0.39, 0.29) is 23.7 Å². The molecule has 5 aliphatic heterocycles. The van der Waals surface area contributed by atoms with Crippen LogP contribution in [-0.2, 0) is 96.9 Å². The summed E-state index contributed by atoms with van der Waals surface area (Å²) in [5, 5.41) is 31.5. The summed E-state index contributed by atoms with van der Waals surface area (Å²) in [5.74, 6) is 5.67. The second-order valence-electron chi connectivity index (χ2n) is 35.7. The van der Waals surface area contributed by atoms with Crippen LogP contribution in [0.1, 0.15) is 231 Å². The highest BCUT2D eigenvalue weighted by atomic mass is 31.2. The van der Waals surface area contributed by atoms with Crippen LogP contribution in [0, 0.1) is 0 Å². The van der Waals surface area contributed by atoms with E-state index in [1.165, 1.54) is 104 Å². The predicted octanol–water partition coefficient (Wildman–Crippen LogP) is 23.8. The third-order valence-corrected chi connectivity index (χ3v) is 27.1. The zero-order valence-electron chi connectivity index (χ0n) is 80.7. The van der Waals surface area contributed by atoms with E-state index in [4.69, 9.17) is 24.0 Å². The lowest BCUT2D eigenvalue weighted by atomic mass is 9.95. The Morgan fingerprint density at radius 1 is 0.413 bits per heavy atom. The average Bonchev–Trinajstić information content (AvgIpc) is 0.848. The Balaban J connectivity index is 0.000000142. The number of nitrogens with one attached hydrogen (secondary N) is 5. The number of allylic oxidation sites excluding steroid dienone is 3. The minimum Gasteiger partial charge on any atom is -0.469 e. The number of unbranched alkanes of at least 4 members (excludes halogenated alkanes) is 6. The van der Waals surface area contributed by atoms with Crippen LogP contribution in [0.5, 0.6) is 0 Å². The molecule has 2 unspecified atom stereocenters. The number of hydrogen-bond donors (Lipinski definition) is 6. The summed E-state index contributed by atoms with van der Waals surface area (Å²) in [7, 11) is 0.800. The SMILES string of the molecule is CCC(/C=C/CCCCc1ccc2c(n1)NCCC2)c1cnc2ccccc2c1.COC(=O)CCCCc1ccc2c(n1)NCCC2.COP(=O)(CC(=O)CCCCc1ccc2c(n1)NCCC2)OC.O=C(/C=C/c1cnc2ccccc2c1)CCCCc1ccc2c(n1)NCCC2.O=Cc1cnc2ccccc2c1.OC(/C=C/c1cnc2ccccc2c1)CCCCc1ccc2c(n1)NCCC2. The van der Waals surface area contributed by atoms with Crippen LogP contribution in [0.15, 0.2) is 231 Å². The van der Waals surface area contributed by atoms with Crippen molar-refractivity contribution < 1.29 is 42.6 Å². The summed E-state index contributed by atoms with van der Waals surface area (Å²) in [6, 6.07) is 62.0. The van der Waals surface area contributed by atoms with Gasteiger partial charge in [-0.05, 0) is 309 Å². The summed E-state index contributed by atoms with van der Waals surface area (Å²) in [5.41, 5.74) is 20.1. The monoisotopic (exact) mass is 1880 g/mol. The van der Waals surface area contributed by atoms with Gasteiger partial charge in [-0.1, -0.05) is 141 Å². The van der Waals surface area contributed by atoms with Gasteiger partial charge >= 0.3 is 13.6 Å². The molecule has 720 valence electrons. The van der Waals surface area contributed by atoms with Crippen LogP contribution in [0.2, 0.25) is 0 Å². The normalized spacial score (nSPS) is 13.8. The van der Waals surface area contributed by atoms with Gasteiger partial charge in [-0.25, -0.2) is 24.9 Å². The molecule has 24 heteroatoms. The second kappa shape index (κ2) is 55.5. The zero-order chi connectivity index (χ0) is 96.2. The number of benzene rings is 4. The number of aryl methyl sites for hydroxylation is 10. The van der Waals surface area contributed by atoms with Crippen molar-refractivity contribution in [1.82, 2.24) is 44.9 Å². The first-order chi connectivity index (χ1) is 67.6. The molecule has 9 aromatic heterocycles. The van der Waals surface area contributed by atoms with Gasteiger partial charge in [0.2, 0.25) is 0 Å². The van der Waals surface area contributed by atoms with Crippen molar-refractivity contribution in [3.63, 3.8) is 0 Å². The lowest BCUT2D eigenvalue weighted by Crippen LogP contribution is -2.14. The molecular weight excluding hydrogens is 1740 g/mol. The van der Waals surface area contributed by atoms with Crippen molar-refractivity contribution in [2.75, 3.05) is 86.8 Å². The summed E-state index contributed by atoms with van der Waals surface area (Å²) in [4.78, 5) is 86.5. The Kier molecular flexibility index (Phi) is 41.2. The van der Waals surface area contributed by atoms with E-state index in [0.29, 0.717) is 30.7 Å². The summed E-state index contributed by atoms with van der Waals surface area (Å²) < 4.78 is 26.0. The van der Waals surface area contributed by atoms with E-state index < -0.39 is 13.7 Å². The minimum atomic E-state index is -3.23. The standard InChI is InChI=1S/C26H31N3.C24H27N3O.C24H25N3O.C16H25N2O4P.C14H20N2O2.C10H7NO/c1-2-20(23-18-22-11-7-8-14-25(22)28-19-23)10-5-3-4-6-13-24-16-15-21-12-9-17-27-26(21)29-24;2*28-22(14-11-18-16-20-6-1-4-10-23(20)26-17-18)9-3-2-8-21-13-12-19-7-5-15-25-24(19)27-21;1-21-23(20,22-2)12-15(19)8-4-3-7-14-10-9-13-6-5-11-17-16(13)18-14;1-18-13(17)7-3-2-6-12-9-8-11-5-4-10-15-14(11)16-12;12-7-8-5-9-3-1-2-4-10(9)11-6-8/h5,7-8,10-11,14-16,18-20H,2-4,6,9,12-13,17H2,1H3,(H,27,29);1,4,6,10-14,16-17,22,28H,2-3,5,7-9,15H2,(H,25,27);1,4,6,10-14,16-17H,2-3,5,7-9,15H2,(H,25,27);9-10H,3-8,11-12H2,1-2H3,(H,17,18);8-9H,2-7,10H2,1H3,(H,15,16);1-7H/b10-5+;2*14-11+;;;. The Morgan fingerprint density at radius 3 is 1.18 bits per heavy atom. The zero-order valence-corrected chi connectivity index (χ0v) is 81.6. The topological polar surface area (TPSA) is 309 Å². The number of hydrogen-bond acceptors (Lipinski definition) is 23. The molecule has 0 saturated carbocycles. The maximum atomic E-state index is 12.2. The summed E-state index contributed by atoms with van der Waals surface area (Å²) >= 11 is 0. The largest absolute Gasteiger partial charge is 0.469 e. The smallest absolute Gasteiger partial charge is 0.337 e. The molecule has 0 spiro atoms. The van der Waals surface area contributed by atoms with Crippen LogP contribution < -0.4 is 26.6 Å². The molecule has 2 atom stereocenters. The number of methoxy groups -OCH3 is 1. The molecule has 138 heavy (non-hydrogen) atoms. The summed E-state index contributed by atoms with van der Waals surface area (Å²) in [6.45, 7) is 7.34. The van der Waals surface area contributed by atoms with Gasteiger partial charge in [0.05, 0.1) is 35.3 Å². The first kappa shape index (κ1) is 102. The molecule has 0 aliphatic carbocycles. The maximum absolute atomic E-state index is 12.2. The molecule has 4 aromatic carbocycles. The number of ketones is 2. The van der Waals surface area contributed by atoms with Crippen molar-refractivity contribution in [2.24, 2.45) is 0 Å². The maximum Gasteiger partial charge on any atom is 0.337 e. The molecule has 18 rings (SSSR count). The van der Waals surface area contributed by atoms with Gasteiger partial charge in [0.15, 0.2) is 12.1 Å². The molecule has 13 aromatic rings. The number of Topliss-reactive ketones (excluding diaryl/α,β-unsaturated/α-hetero) is 1. The fourth-order valence-electron chi connectivity index (χ4n) is 17.3. The number of aliphatic hydroxyl groups excluding tert-OH is 1. The van der Waals surface area contributed by atoms with Gasteiger partial charge in [0.1, 0.15) is 41.0 Å². The van der Waals surface area contributed by atoms with Crippen molar-refractivity contribution in [3.8, 4) is 0 Å². The van der Waals surface area contributed by atoms with E-state index in [1.54, 1.807) is 12.3 Å². The molecule has 5 aliphatic rings. The van der Waals surface area contributed by atoms with E-state index >= 15 is 0 Å².